The fourth-order valence-electron chi connectivity index (χ4n) is 5.47. The van der Waals surface area contributed by atoms with Gasteiger partial charge in [-0.3, -0.25) is 9.88 Å². The maximum Gasteiger partial charge on any atom is 0.137 e. The number of nitrogens with zero attached hydrogens (tertiary/aromatic N) is 5. The molecule has 2 aliphatic heterocycles. The number of likely N-dealkylation sites (tertiary alicyclic amines) is 1. The van der Waals surface area contributed by atoms with Gasteiger partial charge in [0.2, 0.25) is 0 Å². The number of furan rings is 1. The summed E-state index contributed by atoms with van der Waals surface area (Å²) in [6.07, 6.45) is 6.96. The molecule has 2 aliphatic rings. The number of piperidine rings is 1. The summed E-state index contributed by atoms with van der Waals surface area (Å²) in [4.78, 5) is 20.9. The van der Waals surface area contributed by atoms with E-state index in [1.54, 1.807) is 6.26 Å². The molecule has 0 spiro atoms. The Labute approximate surface area is 188 Å². The third-order valence-corrected chi connectivity index (χ3v) is 7.33. The molecule has 0 unspecified atom stereocenters. The number of likely N-dealkylation sites (N-methyl/N-ethyl adjacent to an activating group) is 1. The van der Waals surface area contributed by atoms with Crippen molar-refractivity contribution in [1.29, 1.82) is 0 Å². The molecular formula is C25H30N6O. The Bertz CT molecular complexity index is 1240. The fourth-order valence-corrected chi connectivity index (χ4v) is 5.47. The van der Waals surface area contributed by atoms with Crippen molar-refractivity contribution in [3.05, 3.63) is 54.3 Å². The number of pyridine rings is 1. The van der Waals surface area contributed by atoms with Gasteiger partial charge in [0, 0.05) is 37.8 Å². The second-order valence-electron chi connectivity index (χ2n) is 9.24. The molecule has 5 heterocycles. The average Bonchev–Trinajstić information content (AvgIpc) is 3.47. The number of para-hydroxylation sites is 1. The van der Waals surface area contributed by atoms with Crippen LogP contribution in [0.4, 0.5) is 5.69 Å². The fraction of sp³-hybridized carbons (Fsp3) is 0.440. The van der Waals surface area contributed by atoms with Crippen molar-refractivity contribution in [2.75, 3.05) is 45.2 Å². The molecule has 2 saturated heterocycles. The van der Waals surface area contributed by atoms with E-state index in [4.69, 9.17) is 14.4 Å². The lowest BCUT2D eigenvalue weighted by atomic mass is 9.92. The molecule has 2 atom stereocenters. The van der Waals surface area contributed by atoms with Crippen LogP contribution in [0.2, 0.25) is 0 Å². The summed E-state index contributed by atoms with van der Waals surface area (Å²) >= 11 is 0. The van der Waals surface area contributed by atoms with Gasteiger partial charge < -0.3 is 19.2 Å². The van der Waals surface area contributed by atoms with Crippen molar-refractivity contribution in [2.24, 2.45) is 0 Å². The zero-order valence-corrected chi connectivity index (χ0v) is 18.8. The van der Waals surface area contributed by atoms with Crippen LogP contribution >= 0.6 is 0 Å². The van der Waals surface area contributed by atoms with Crippen LogP contribution in [0.25, 0.3) is 22.0 Å². The molecule has 7 nitrogen and oxygen atoms in total. The van der Waals surface area contributed by atoms with Crippen LogP contribution in [0.3, 0.4) is 0 Å². The molecule has 1 aromatic carbocycles. The third-order valence-electron chi connectivity index (χ3n) is 7.33. The lowest BCUT2D eigenvalue weighted by molar-refractivity contribution is 0.108. The number of benzene rings is 1. The molecule has 3 aromatic heterocycles. The van der Waals surface area contributed by atoms with Crippen LogP contribution in [-0.4, -0.2) is 65.0 Å². The molecule has 2 fully saturated rings. The maximum atomic E-state index is 5.63. The number of imidazole rings is 1. The monoisotopic (exact) mass is 430 g/mol. The zero-order chi connectivity index (χ0) is 21.7. The molecule has 0 aliphatic carbocycles. The Morgan fingerprint density at radius 3 is 2.72 bits per heavy atom. The molecule has 4 aromatic rings. The Hall–Kier alpha value is -2.90. The normalized spacial score (nSPS) is 23.4. The molecule has 1 N–H and O–H groups in total. The van der Waals surface area contributed by atoms with E-state index in [0.29, 0.717) is 0 Å². The minimum absolute atomic E-state index is 0.241. The van der Waals surface area contributed by atoms with Gasteiger partial charge >= 0.3 is 0 Å². The first-order valence-electron chi connectivity index (χ1n) is 11.7. The van der Waals surface area contributed by atoms with Crippen molar-refractivity contribution in [1.82, 2.24) is 24.8 Å². The van der Waals surface area contributed by atoms with Crippen LogP contribution in [0.15, 0.2) is 47.2 Å². The number of aromatic amines is 1. The van der Waals surface area contributed by atoms with Gasteiger partial charge in [-0.15, -0.1) is 0 Å². The highest BCUT2D eigenvalue weighted by Crippen LogP contribution is 2.41. The lowest BCUT2D eigenvalue weighted by Gasteiger charge is -2.38. The molecule has 6 rings (SSSR count). The van der Waals surface area contributed by atoms with Crippen molar-refractivity contribution in [3.63, 3.8) is 0 Å². The van der Waals surface area contributed by atoms with Crippen molar-refractivity contribution in [2.45, 2.75) is 31.3 Å². The Morgan fingerprint density at radius 1 is 1.00 bits per heavy atom. The minimum Gasteiger partial charge on any atom is -0.464 e. The van der Waals surface area contributed by atoms with Gasteiger partial charge in [0.25, 0.3) is 0 Å². The van der Waals surface area contributed by atoms with Gasteiger partial charge in [-0.1, -0.05) is 6.07 Å². The minimum atomic E-state index is 0.241. The number of rotatable bonds is 3. The third kappa shape index (κ3) is 3.27. The van der Waals surface area contributed by atoms with E-state index in [1.165, 1.54) is 5.69 Å². The topological polar surface area (TPSA) is 64.4 Å². The SMILES string of the molecule is CN1CCN(c2cccc3[nH]c([C@H]4CCC[C@@H](c5nccc6occc56)N4C)nc23)CC1. The Kier molecular flexibility index (Phi) is 4.88. The Balaban J connectivity index is 1.33. The van der Waals surface area contributed by atoms with E-state index in [1.807, 2.05) is 18.3 Å². The quantitative estimate of drug-likeness (QED) is 0.521. The van der Waals surface area contributed by atoms with E-state index in [2.05, 4.69) is 52.0 Å². The number of hydrogen-bond acceptors (Lipinski definition) is 6. The van der Waals surface area contributed by atoms with Gasteiger partial charge in [-0.05, 0) is 57.6 Å². The Morgan fingerprint density at radius 2 is 1.84 bits per heavy atom. The second kappa shape index (κ2) is 7.90. The summed E-state index contributed by atoms with van der Waals surface area (Å²) in [6, 6.07) is 11.0. The highest BCUT2D eigenvalue weighted by molar-refractivity contribution is 5.89. The average molecular weight is 431 g/mol. The highest BCUT2D eigenvalue weighted by Gasteiger charge is 2.33. The molecule has 166 valence electrons. The molecule has 7 heteroatoms. The van der Waals surface area contributed by atoms with E-state index in [-0.39, 0.29) is 12.1 Å². The van der Waals surface area contributed by atoms with E-state index < -0.39 is 0 Å². The predicted octanol–water partition coefficient (Wildman–Crippen LogP) is 4.35. The van der Waals surface area contributed by atoms with Crippen LogP contribution in [0.5, 0.6) is 0 Å². The van der Waals surface area contributed by atoms with E-state index in [9.17, 15) is 0 Å². The maximum absolute atomic E-state index is 5.63. The van der Waals surface area contributed by atoms with Gasteiger partial charge in [0.05, 0.1) is 35.2 Å². The summed E-state index contributed by atoms with van der Waals surface area (Å²) in [6.45, 7) is 4.27. The number of H-pyrrole nitrogens is 1. The molecule has 0 saturated carbocycles. The predicted molar refractivity (Wildman–Crippen MR) is 127 cm³/mol. The van der Waals surface area contributed by atoms with Crippen LogP contribution in [-0.2, 0) is 0 Å². The summed E-state index contributed by atoms with van der Waals surface area (Å²) in [5, 5.41) is 1.12. The van der Waals surface area contributed by atoms with E-state index in [0.717, 1.165) is 79.0 Å². The standard InChI is InChI=1S/C25H30N6O/c1-29-12-14-31(15-13-29)20-7-3-5-18-24(20)28-25(27-18)21-8-4-6-19(30(21)2)23-17-10-16-32-22(17)9-11-26-23/h3,5,7,9-11,16,19,21H,4,6,8,12-15H2,1-2H3,(H,27,28)/t19-,21+/m0/s1. The summed E-state index contributed by atoms with van der Waals surface area (Å²) < 4.78 is 5.63. The number of nitrogens with one attached hydrogen (secondary N) is 1. The first-order valence-corrected chi connectivity index (χ1v) is 11.7. The summed E-state index contributed by atoms with van der Waals surface area (Å²) in [7, 11) is 4.41. The summed E-state index contributed by atoms with van der Waals surface area (Å²) in [5.74, 6) is 1.06. The smallest absolute Gasteiger partial charge is 0.137 e. The van der Waals surface area contributed by atoms with Gasteiger partial charge in [-0.25, -0.2) is 4.98 Å². The van der Waals surface area contributed by atoms with Gasteiger partial charge in [0.1, 0.15) is 16.9 Å². The van der Waals surface area contributed by atoms with Crippen LogP contribution < -0.4 is 4.90 Å². The zero-order valence-electron chi connectivity index (χ0n) is 18.8. The van der Waals surface area contributed by atoms with Crippen molar-refractivity contribution < 1.29 is 4.42 Å². The first kappa shape index (κ1) is 19.8. The number of piperazine rings is 1. The van der Waals surface area contributed by atoms with Gasteiger partial charge in [-0.2, -0.15) is 0 Å². The second-order valence-corrected chi connectivity index (χ2v) is 9.24. The molecular weight excluding hydrogens is 400 g/mol. The summed E-state index contributed by atoms with van der Waals surface area (Å²) in [5.41, 5.74) is 5.49. The van der Waals surface area contributed by atoms with Crippen LogP contribution in [0.1, 0.15) is 42.9 Å². The van der Waals surface area contributed by atoms with Crippen molar-refractivity contribution >= 4 is 27.7 Å². The lowest BCUT2D eigenvalue weighted by Crippen LogP contribution is -2.44. The van der Waals surface area contributed by atoms with Gasteiger partial charge in [0.15, 0.2) is 0 Å². The van der Waals surface area contributed by atoms with Crippen LogP contribution in [0, 0.1) is 0 Å². The number of aromatic nitrogens is 3. The molecule has 0 radical (unpaired) electrons. The van der Waals surface area contributed by atoms with E-state index >= 15 is 0 Å². The van der Waals surface area contributed by atoms with Crippen molar-refractivity contribution in [3.8, 4) is 0 Å². The molecule has 32 heavy (non-hydrogen) atoms. The molecule has 0 amide bonds. The molecule has 0 bridgehead atoms. The number of anilines is 1. The highest BCUT2D eigenvalue weighted by atomic mass is 16.3. The number of hydrogen-bond donors (Lipinski definition) is 1. The number of fused-ring (bicyclic) bond motifs is 2. The largest absolute Gasteiger partial charge is 0.464 e. The first-order chi connectivity index (χ1) is 15.7.